The Bertz CT molecular complexity index is 147. The summed E-state index contributed by atoms with van der Waals surface area (Å²) >= 11 is 0. The van der Waals surface area contributed by atoms with E-state index in [1.807, 2.05) is 0 Å². The minimum atomic E-state index is -0.877. The fraction of sp³-hybridized carbons (Fsp3) is 0.875. The zero-order valence-corrected chi connectivity index (χ0v) is 7.90. The van der Waals surface area contributed by atoms with Gasteiger partial charge in [-0.15, -0.1) is 0 Å². The topological polar surface area (TPSA) is 76.0 Å². The first-order valence-corrected chi connectivity index (χ1v) is 4.02. The molecule has 0 aromatic carbocycles. The number of hydrogen-bond acceptors (Lipinski definition) is 5. The van der Waals surface area contributed by atoms with Crippen molar-refractivity contribution in [3.05, 3.63) is 0 Å². The van der Waals surface area contributed by atoms with Gasteiger partial charge in [-0.1, -0.05) is 0 Å². The van der Waals surface area contributed by atoms with Crippen LogP contribution < -0.4 is 0 Å². The van der Waals surface area contributed by atoms with Crippen LogP contribution >= 0.6 is 0 Å². The Morgan fingerprint density at radius 1 is 1.31 bits per heavy atom. The summed E-state index contributed by atoms with van der Waals surface area (Å²) < 4.78 is 9.01. The molecule has 0 spiro atoms. The van der Waals surface area contributed by atoms with Crippen molar-refractivity contribution in [1.29, 1.82) is 0 Å². The Kier molecular flexibility index (Phi) is 6.48. The summed E-state index contributed by atoms with van der Waals surface area (Å²) in [6, 6.07) is 0. The van der Waals surface area contributed by atoms with E-state index >= 15 is 0 Å². The fourth-order valence-corrected chi connectivity index (χ4v) is 0.934. The number of carbonyl (C=O) groups excluding carboxylic acids is 1. The quantitative estimate of drug-likeness (QED) is 0.545. The maximum atomic E-state index is 10.7. The lowest BCUT2D eigenvalue weighted by Crippen LogP contribution is -2.24. The van der Waals surface area contributed by atoms with Gasteiger partial charge in [0.1, 0.15) is 0 Å². The van der Waals surface area contributed by atoms with Crippen molar-refractivity contribution in [1.82, 2.24) is 0 Å². The van der Waals surface area contributed by atoms with Gasteiger partial charge in [0.25, 0.3) is 0 Å². The molecule has 78 valence electrons. The number of methoxy groups -OCH3 is 2. The van der Waals surface area contributed by atoms with Gasteiger partial charge >= 0.3 is 5.97 Å². The number of hydrogen-bond donors (Lipinski definition) is 2. The van der Waals surface area contributed by atoms with Gasteiger partial charge in [0.05, 0.1) is 32.3 Å². The molecule has 2 atom stereocenters. The van der Waals surface area contributed by atoms with E-state index in [1.165, 1.54) is 14.2 Å². The highest BCUT2D eigenvalue weighted by atomic mass is 16.5. The molecule has 0 aromatic heterocycles. The summed E-state index contributed by atoms with van der Waals surface area (Å²) in [6.45, 7) is 0.151. The van der Waals surface area contributed by atoms with E-state index in [2.05, 4.69) is 9.47 Å². The Morgan fingerprint density at radius 3 is 2.38 bits per heavy atom. The second-order valence-corrected chi connectivity index (χ2v) is 2.78. The molecule has 0 saturated carbocycles. The van der Waals surface area contributed by atoms with Crippen LogP contribution in [-0.4, -0.2) is 49.2 Å². The molecule has 0 amide bonds. The van der Waals surface area contributed by atoms with E-state index in [1.54, 1.807) is 0 Å². The second-order valence-electron chi connectivity index (χ2n) is 2.78. The van der Waals surface area contributed by atoms with E-state index in [4.69, 9.17) is 5.11 Å². The van der Waals surface area contributed by atoms with Gasteiger partial charge < -0.3 is 19.7 Å². The Morgan fingerprint density at radius 2 is 1.92 bits per heavy atom. The minimum absolute atomic E-state index is 0.0999. The molecule has 5 nitrogen and oxygen atoms in total. The molecular formula is C8H16O5. The van der Waals surface area contributed by atoms with Crippen LogP contribution in [0.3, 0.4) is 0 Å². The van der Waals surface area contributed by atoms with Gasteiger partial charge in [0.15, 0.2) is 0 Å². The van der Waals surface area contributed by atoms with Crippen molar-refractivity contribution in [2.75, 3.05) is 20.8 Å². The largest absolute Gasteiger partial charge is 0.469 e. The molecule has 0 aliphatic rings. The molecule has 2 N–H and O–H groups in total. The van der Waals surface area contributed by atoms with Gasteiger partial charge in [-0.2, -0.15) is 0 Å². The van der Waals surface area contributed by atoms with E-state index < -0.39 is 18.2 Å². The monoisotopic (exact) mass is 192 g/mol. The van der Waals surface area contributed by atoms with E-state index in [9.17, 15) is 9.90 Å². The summed E-state index contributed by atoms with van der Waals surface area (Å²) in [6.07, 6.45) is -1.61. The zero-order chi connectivity index (χ0) is 10.3. The van der Waals surface area contributed by atoms with Gasteiger partial charge in [0.2, 0.25) is 0 Å². The normalized spacial score (nSPS) is 15.1. The van der Waals surface area contributed by atoms with Crippen LogP contribution in [0, 0.1) is 0 Å². The van der Waals surface area contributed by atoms with Crippen molar-refractivity contribution in [2.24, 2.45) is 0 Å². The standard InChI is InChI=1S/C8H16O5/c1-12-5-7(10)3-6(9)4-8(11)13-2/h6-7,9-10H,3-5H2,1-2H3/t6-,7+/m1/s1. The SMILES string of the molecule is COC[C@@H](O)C[C@@H](O)CC(=O)OC. The lowest BCUT2D eigenvalue weighted by atomic mass is 10.1. The van der Waals surface area contributed by atoms with Crippen LogP contribution in [0.25, 0.3) is 0 Å². The molecule has 13 heavy (non-hydrogen) atoms. The Hall–Kier alpha value is -0.650. The predicted octanol–water partition coefficient (Wildman–Crippen LogP) is -0.692. The van der Waals surface area contributed by atoms with Gasteiger partial charge in [0, 0.05) is 13.5 Å². The number of esters is 1. The van der Waals surface area contributed by atoms with Crippen LogP contribution in [0.15, 0.2) is 0 Å². The Labute approximate surface area is 77.3 Å². The second kappa shape index (κ2) is 6.82. The minimum Gasteiger partial charge on any atom is -0.469 e. The van der Waals surface area contributed by atoms with Gasteiger partial charge in [-0.25, -0.2) is 0 Å². The first-order chi connectivity index (χ1) is 6.10. The number of aliphatic hydroxyl groups is 2. The molecule has 0 bridgehead atoms. The molecular weight excluding hydrogens is 176 g/mol. The molecule has 0 saturated heterocycles. The smallest absolute Gasteiger partial charge is 0.308 e. The first kappa shape index (κ1) is 12.3. The summed E-state index contributed by atoms with van der Waals surface area (Å²) in [4.78, 5) is 10.7. The van der Waals surface area contributed by atoms with Crippen molar-refractivity contribution in [3.8, 4) is 0 Å². The highest BCUT2D eigenvalue weighted by molar-refractivity contribution is 5.69. The highest BCUT2D eigenvalue weighted by Crippen LogP contribution is 2.03. The Balaban J connectivity index is 3.60. The number of rotatable bonds is 6. The predicted molar refractivity (Wildman–Crippen MR) is 45.1 cm³/mol. The van der Waals surface area contributed by atoms with Crippen molar-refractivity contribution in [2.45, 2.75) is 25.0 Å². The van der Waals surface area contributed by atoms with Crippen LogP contribution in [-0.2, 0) is 14.3 Å². The molecule has 0 unspecified atom stereocenters. The summed E-state index contributed by atoms with van der Waals surface area (Å²) in [5.41, 5.74) is 0. The van der Waals surface area contributed by atoms with Gasteiger partial charge in [-0.05, 0) is 0 Å². The lowest BCUT2D eigenvalue weighted by molar-refractivity contribution is -0.143. The summed E-state index contributed by atoms with van der Waals surface area (Å²) in [7, 11) is 2.70. The summed E-state index contributed by atoms with van der Waals surface area (Å²) in [5.74, 6) is -0.489. The van der Waals surface area contributed by atoms with Crippen LogP contribution in [0.5, 0.6) is 0 Å². The highest BCUT2D eigenvalue weighted by Gasteiger charge is 2.15. The third-order valence-corrected chi connectivity index (χ3v) is 1.53. The maximum absolute atomic E-state index is 10.7. The molecule has 0 heterocycles. The maximum Gasteiger partial charge on any atom is 0.308 e. The lowest BCUT2D eigenvalue weighted by Gasteiger charge is -2.13. The average Bonchev–Trinajstić information content (AvgIpc) is 2.04. The molecule has 0 radical (unpaired) electrons. The van der Waals surface area contributed by atoms with Crippen molar-refractivity contribution < 1.29 is 24.5 Å². The molecule has 0 aliphatic carbocycles. The number of carbonyl (C=O) groups is 1. The fourth-order valence-electron chi connectivity index (χ4n) is 0.934. The summed E-state index contributed by atoms with van der Waals surface area (Å²) in [5, 5.41) is 18.4. The molecule has 0 aliphatic heterocycles. The van der Waals surface area contributed by atoms with Crippen LogP contribution in [0.1, 0.15) is 12.8 Å². The number of aliphatic hydroxyl groups excluding tert-OH is 2. The van der Waals surface area contributed by atoms with E-state index in [-0.39, 0.29) is 19.4 Å². The third kappa shape index (κ3) is 6.51. The molecule has 0 aromatic rings. The van der Waals surface area contributed by atoms with E-state index in [0.717, 1.165) is 0 Å². The average molecular weight is 192 g/mol. The third-order valence-electron chi connectivity index (χ3n) is 1.53. The molecule has 0 fully saturated rings. The molecule has 5 heteroatoms. The van der Waals surface area contributed by atoms with E-state index in [0.29, 0.717) is 0 Å². The van der Waals surface area contributed by atoms with Gasteiger partial charge in [-0.3, -0.25) is 4.79 Å². The number of ether oxygens (including phenoxy) is 2. The van der Waals surface area contributed by atoms with Crippen molar-refractivity contribution >= 4 is 5.97 Å². The molecule has 0 rings (SSSR count). The first-order valence-electron chi connectivity index (χ1n) is 4.02. The zero-order valence-electron chi connectivity index (χ0n) is 7.90. The van der Waals surface area contributed by atoms with Crippen LogP contribution in [0.4, 0.5) is 0 Å². The van der Waals surface area contributed by atoms with Crippen molar-refractivity contribution in [3.63, 3.8) is 0 Å². The van der Waals surface area contributed by atoms with Crippen LogP contribution in [0.2, 0.25) is 0 Å².